The number of hydrogen-bond donors (Lipinski definition) is 2. The van der Waals surface area contributed by atoms with Crippen molar-refractivity contribution in [2.45, 2.75) is 26.0 Å². The summed E-state index contributed by atoms with van der Waals surface area (Å²) in [5, 5.41) is 24.5. The Hall–Kier alpha value is -1.52. The normalized spacial score (nSPS) is 14.4. The highest BCUT2D eigenvalue weighted by Crippen LogP contribution is 2.34. The molecule has 0 aliphatic heterocycles. The molecular weight excluding hydrogens is 252 g/mol. The lowest BCUT2D eigenvalue weighted by Crippen LogP contribution is -2.27. The summed E-state index contributed by atoms with van der Waals surface area (Å²) in [7, 11) is 0. The Kier molecular flexibility index (Phi) is 3.32. The minimum absolute atomic E-state index is 0.157. The quantitative estimate of drug-likeness (QED) is 0.897. The summed E-state index contributed by atoms with van der Waals surface area (Å²) >= 11 is 6.10. The number of aromatic hydroxyl groups is 1. The second-order valence-corrected chi connectivity index (χ2v) is 4.68. The third kappa shape index (κ3) is 2.09. The number of benzene rings is 1. The van der Waals surface area contributed by atoms with E-state index in [0.717, 1.165) is 0 Å². The van der Waals surface area contributed by atoms with E-state index in [1.54, 1.807) is 23.7 Å². The first-order valence-electron chi connectivity index (χ1n) is 5.70. The van der Waals surface area contributed by atoms with Gasteiger partial charge in [0.2, 0.25) is 0 Å². The van der Waals surface area contributed by atoms with Gasteiger partial charge in [0.1, 0.15) is 11.4 Å². The maximum Gasteiger partial charge on any atom is 0.130 e. The van der Waals surface area contributed by atoms with Gasteiger partial charge in [0.05, 0.1) is 16.9 Å². The summed E-state index contributed by atoms with van der Waals surface area (Å²) < 4.78 is 1.66. The van der Waals surface area contributed by atoms with Crippen molar-refractivity contribution in [3.05, 3.63) is 46.7 Å². The van der Waals surface area contributed by atoms with Gasteiger partial charge in [0.15, 0.2) is 0 Å². The van der Waals surface area contributed by atoms with Gasteiger partial charge in [-0.2, -0.15) is 5.10 Å². The van der Waals surface area contributed by atoms with E-state index in [1.165, 1.54) is 18.3 Å². The molecule has 1 heterocycles. The van der Waals surface area contributed by atoms with Crippen LogP contribution in [0.1, 0.15) is 25.1 Å². The molecule has 96 valence electrons. The molecule has 0 spiro atoms. The monoisotopic (exact) mass is 266 g/mol. The fourth-order valence-corrected chi connectivity index (χ4v) is 2.33. The Labute approximate surface area is 110 Å². The van der Waals surface area contributed by atoms with E-state index >= 15 is 0 Å². The first kappa shape index (κ1) is 12.9. The van der Waals surface area contributed by atoms with Crippen LogP contribution in [0.3, 0.4) is 0 Å². The van der Waals surface area contributed by atoms with Crippen LogP contribution in [0.4, 0.5) is 0 Å². The number of phenols is 1. The summed E-state index contributed by atoms with van der Waals surface area (Å²) in [6, 6.07) is 6.39. The molecule has 1 unspecified atom stereocenters. The Morgan fingerprint density at radius 1 is 1.33 bits per heavy atom. The topological polar surface area (TPSA) is 58.3 Å². The van der Waals surface area contributed by atoms with Crippen molar-refractivity contribution in [1.29, 1.82) is 0 Å². The zero-order valence-electron chi connectivity index (χ0n) is 10.3. The van der Waals surface area contributed by atoms with Gasteiger partial charge in [-0.15, -0.1) is 0 Å². The molecule has 18 heavy (non-hydrogen) atoms. The summed E-state index contributed by atoms with van der Waals surface area (Å²) in [6.07, 6.45) is 1.52. The zero-order valence-corrected chi connectivity index (χ0v) is 11.0. The third-order valence-corrected chi connectivity index (χ3v) is 3.26. The molecule has 2 aromatic rings. The molecular formula is C13H15ClN2O2. The lowest BCUT2D eigenvalue weighted by atomic mass is 9.92. The Balaban J connectivity index is 2.53. The molecule has 0 amide bonds. The molecule has 1 aromatic heterocycles. The molecule has 0 radical (unpaired) electrons. The van der Waals surface area contributed by atoms with Crippen LogP contribution in [0.5, 0.6) is 5.75 Å². The smallest absolute Gasteiger partial charge is 0.130 e. The van der Waals surface area contributed by atoms with Crippen molar-refractivity contribution in [1.82, 2.24) is 9.78 Å². The highest BCUT2D eigenvalue weighted by atomic mass is 35.5. The van der Waals surface area contributed by atoms with E-state index in [4.69, 9.17) is 11.6 Å². The standard InChI is InChI=1S/C13H15ClN2O2/c1-3-16-12(11(14)8-15-16)13(2,18)9-4-6-10(17)7-5-9/h4-8,17-18H,3H2,1-2H3. The fraction of sp³-hybridized carbons (Fsp3) is 0.308. The largest absolute Gasteiger partial charge is 0.508 e. The first-order chi connectivity index (χ1) is 8.46. The summed E-state index contributed by atoms with van der Waals surface area (Å²) in [4.78, 5) is 0. The molecule has 0 fully saturated rings. The lowest BCUT2D eigenvalue weighted by Gasteiger charge is -2.25. The van der Waals surface area contributed by atoms with Crippen LogP contribution in [0, 0.1) is 0 Å². The highest BCUT2D eigenvalue weighted by molar-refractivity contribution is 6.31. The molecule has 2 N–H and O–H groups in total. The van der Waals surface area contributed by atoms with E-state index in [1.807, 2.05) is 6.92 Å². The minimum Gasteiger partial charge on any atom is -0.508 e. The van der Waals surface area contributed by atoms with E-state index in [9.17, 15) is 10.2 Å². The number of hydrogen-bond acceptors (Lipinski definition) is 3. The molecule has 0 saturated heterocycles. The van der Waals surface area contributed by atoms with E-state index in [2.05, 4.69) is 5.10 Å². The zero-order chi connectivity index (χ0) is 13.3. The van der Waals surface area contributed by atoms with Crippen LogP contribution in [0.25, 0.3) is 0 Å². The third-order valence-electron chi connectivity index (χ3n) is 2.98. The maximum atomic E-state index is 10.7. The molecule has 4 nitrogen and oxygen atoms in total. The van der Waals surface area contributed by atoms with Crippen molar-refractivity contribution in [3.8, 4) is 5.75 Å². The van der Waals surface area contributed by atoms with Crippen LogP contribution in [-0.4, -0.2) is 20.0 Å². The van der Waals surface area contributed by atoms with Crippen molar-refractivity contribution in [2.24, 2.45) is 0 Å². The maximum absolute atomic E-state index is 10.7. The van der Waals surface area contributed by atoms with Crippen LogP contribution in [0.2, 0.25) is 5.02 Å². The van der Waals surface area contributed by atoms with E-state index < -0.39 is 5.60 Å². The molecule has 0 aliphatic carbocycles. The number of aromatic nitrogens is 2. The average Bonchev–Trinajstić information content (AvgIpc) is 2.71. The number of phenolic OH excluding ortho intramolecular Hbond substituents is 1. The molecule has 1 atom stereocenters. The number of aliphatic hydroxyl groups is 1. The van der Waals surface area contributed by atoms with Gasteiger partial charge in [0.25, 0.3) is 0 Å². The van der Waals surface area contributed by atoms with Gasteiger partial charge >= 0.3 is 0 Å². The number of rotatable bonds is 3. The molecule has 2 rings (SSSR count). The second-order valence-electron chi connectivity index (χ2n) is 4.28. The van der Waals surface area contributed by atoms with Crippen molar-refractivity contribution in [2.75, 3.05) is 0 Å². The Morgan fingerprint density at radius 2 is 1.94 bits per heavy atom. The fourth-order valence-electron chi connectivity index (χ4n) is 2.01. The Bertz CT molecular complexity index is 547. The highest BCUT2D eigenvalue weighted by Gasteiger charge is 2.32. The van der Waals surface area contributed by atoms with Gasteiger partial charge in [-0.1, -0.05) is 23.7 Å². The van der Waals surface area contributed by atoms with Gasteiger partial charge in [0, 0.05) is 6.54 Å². The van der Waals surface area contributed by atoms with Crippen LogP contribution >= 0.6 is 11.6 Å². The second kappa shape index (κ2) is 4.63. The minimum atomic E-state index is -1.25. The average molecular weight is 267 g/mol. The van der Waals surface area contributed by atoms with E-state index in [-0.39, 0.29) is 5.75 Å². The lowest BCUT2D eigenvalue weighted by molar-refractivity contribution is 0.0918. The summed E-state index contributed by atoms with van der Waals surface area (Å²) in [5.74, 6) is 0.157. The summed E-state index contributed by atoms with van der Waals surface area (Å²) in [6.45, 7) is 4.21. The molecule has 0 aliphatic rings. The molecule has 0 saturated carbocycles. The van der Waals surface area contributed by atoms with Gasteiger partial charge in [-0.25, -0.2) is 0 Å². The van der Waals surface area contributed by atoms with Crippen molar-refractivity contribution < 1.29 is 10.2 Å². The SMILES string of the molecule is CCn1ncc(Cl)c1C(C)(O)c1ccc(O)cc1. The predicted octanol–water partition coefficient (Wildman–Crippen LogP) is 2.52. The number of halogens is 1. The van der Waals surface area contributed by atoms with Crippen LogP contribution < -0.4 is 0 Å². The van der Waals surface area contributed by atoms with Gasteiger partial charge in [-0.05, 0) is 31.5 Å². The summed E-state index contributed by atoms with van der Waals surface area (Å²) in [5.41, 5.74) is -0.0492. The number of nitrogens with zero attached hydrogens (tertiary/aromatic N) is 2. The van der Waals surface area contributed by atoms with E-state index in [0.29, 0.717) is 22.8 Å². The van der Waals surface area contributed by atoms with Crippen molar-refractivity contribution >= 4 is 11.6 Å². The van der Waals surface area contributed by atoms with Crippen LogP contribution in [-0.2, 0) is 12.1 Å². The Morgan fingerprint density at radius 3 is 2.50 bits per heavy atom. The number of aryl methyl sites for hydroxylation is 1. The first-order valence-corrected chi connectivity index (χ1v) is 6.08. The predicted molar refractivity (Wildman–Crippen MR) is 69.7 cm³/mol. The van der Waals surface area contributed by atoms with Crippen molar-refractivity contribution in [3.63, 3.8) is 0 Å². The molecule has 5 heteroatoms. The molecule has 1 aromatic carbocycles. The van der Waals surface area contributed by atoms with Crippen LogP contribution in [0.15, 0.2) is 30.5 Å². The van der Waals surface area contributed by atoms with Gasteiger partial charge in [-0.3, -0.25) is 4.68 Å². The van der Waals surface area contributed by atoms with Gasteiger partial charge < -0.3 is 10.2 Å². The molecule has 0 bridgehead atoms.